The van der Waals surface area contributed by atoms with E-state index >= 15 is 0 Å². The first-order valence-corrected chi connectivity index (χ1v) is 30.6. The van der Waals surface area contributed by atoms with Gasteiger partial charge in [0, 0.05) is 16.4 Å². The Hall–Kier alpha value is -0.159. The second-order valence-corrected chi connectivity index (χ2v) is 36.8. The van der Waals surface area contributed by atoms with Crippen molar-refractivity contribution in [1.29, 1.82) is 0 Å². The average Bonchev–Trinajstić information content (AvgIpc) is 3.38. The van der Waals surface area contributed by atoms with Crippen LogP contribution >= 0.6 is 11.8 Å². The van der Waals surface area contributed by atoms with Crippen molar-refractivity contribution >= 4 is 36.7 Å². The molecule has 0 N–H and O–H groups in total. The molecule has 0 heterocycles. The fraction of sp³-hybridized carbons (Fsp3) is 0.822. The van der Waals surface area contributed by atoms with Gasteiger partial charge in [-0.3, -0.25) is 0 Å². The van der Waals surface area contributed by atoms with Crippen LogP contribution in [0.2, 0.25) is 54.4 Å². The van der Waals surface area contributed by atoms with Gasteiger partial charge in [0.15, 0.2) is 25.0 Å². The minimum absolute atomic E-state index is 0.0186. The van der Waals surface area contributed by atoms with Gasteiger partial charge in [0.2, 0.25) is 0 Å². The van der Waals surface area contributed by atoms with Crippen molar-refractivity contribution in [2.75, 3.05) is 5.75 Å². The Morgan fingerprint density at radius 3 is 2.00 bits per heavy atom. The fourth-order valence-electron chi connectivity index (χ4n) is 9.82. The lowest BCUT2D eigenvalue weighted by Crippen LogP contribution is -2.58. The summed E-state index contributed by atoms with van der Waals surface area (Å²) < 4.78 is 21.7. The first kappa shape index (κ1) is 44.6. The number of allylic oxidation sites excluding steroid dienone is 4. The summed E-state index contributed by atoms with van der Waals surface area (Å²) in [6.07, 6.45) is 18.7. The van der Waals surface area contributed by atoms with Crippen LogP contribution in [-0.4, -0.2) is 53.8 Å². The zero-order valence-electron chi connectivity index (χ0n) is 37.3. The van der Waals surface area contributed by atoms with E-state index in [1.54, 1.807) is 16.7 Å². The van der Waals surface area contributed by atoms with Crippen LogP contribution in [-0.2, 0) is 13.3 Å². The fourth-order valence-corrected chi connectivity index (χ4v) is 16.8. The van der Waals surface area contributed by atoms with E-state index in [0.29, 0.717) is 17.1 Å². The number of thioether (sulfide) groups is 1. The molecule has 0 aromatic heterocycles. The quantitative estimate of drug-likeness (QED) is 0.129. The molecule has 0 radical (unpaired) electrons. The molecule has 4 aliphatic rings. The summed E-state index contributed by atoms with van der Waals surface area (Å²) in [6, 6.07) is 3.59. The lowest BCUT2D eigenvalue weighted by atomic mass is 9.49. The Balaban J connectivity index is 1.55. The van der Waals surface area contributed by atoms with Gasteiger partial charge in [-0.05, 0) is 125 Å². The summed E-state index contributed by atoms with van der Waals surface area (Å²) in [6.45, 7) is 43.3. The predicted octanol–water partition coefficient (Wildman–Crippen LogP) is 14.3. The van der Waals surface area contributed by atoms with Gasteiger partial charge in [-0.15, -0.1) is 0 Å². The monoisotopic (exact) mass is 787 g/mol. The van der Waals surface area contributed by atoms with Crippen LogP contribution in [0.3, 0.4) is 0 Å². The summed E-state index contributed by atoms with van der Waals surface area (Å²) in [5.74, 6) is 2.16. The van der Waals surface area contributed by atoms with Gasteiger partial charge in [0.25, 0.3) is 0 Å². The summed E-state index contributed by atoms with van der Waals surface area (Å²) >= 11 is 2.11. The molecule has 7 heteroatoms. The number of rotatable bonds is 14. The van der Waals surface area contributed by atoms with E-state index < -0.39 is 25.0 Å². The van der Waals surface area contributed by atoms with Crippen LogP contribution in [0.1, 0.15) is 129 Å². The van der Waals surface area contributed by atoms with E-state index in [2.05, 4.69) is 165 Å². The highest BCUT2D eigenvalue weighted by molar-refractivity contribution is 8.00. The molecule has 0 unspecified atom stereocenters. The molecule has 0 amide bonds. The number of hydrogen-bond acceptors (Lipinski definition) is 4. The molecule has 4 aliphatic carbocycles. The van der Waals surface area contributed by atoms with Crippen LogP contribution < -0.4 is 0 Å². The SMILES string of the molecule is CC[Si](CC)(CC)OC(C)(C)/C=C\CS[C@@H](C)C1=CC[C@H]2C3=CC=C4C[C@@H](O[Si](C)(C)C(C)(C)C)C[C@H](O[Si](C)(C)C(C)(C)C)[C@]4(C)[C@H]3CC[C@]12C. The highest BCUT2D eigenvalue weighted by Gasteiger charge is 2.59. The van der Waals surface area contributed by atoms with Crippen molar-refractivity contribution in [2.45, 2.75) is 206 Å². The van der Waals surface area contributed by atoms with Gasteiger partial charge in [-0.1, -0.05) is 123 Å². The second-order valence-electron chi connectivity index (χ2n) is 21.2. The van der Waals surface area contributed by atoms with E-state index in [0.717, 1.165) is 18.6 Å². The molecular weight excluding hydrogens is 705 g/mol. The van der Waals surface area contributed by atoms with Gasteiger partial charge in [0.1, 0.15) is 0 Å². The van der Waals surface area contributed by atoms with Gasteiger partial charge in [-0.25, -0.2) is 0 Å². The summed E-state index contributed by atoms with van der Waals surface area (Å²) in [5, 5.41) is 0.878. The molecular formula is C45H82O3SSi3. The Morgan fingerprint density at radius 2 is 1.44 bits per heavy atom. The zero-order chi connectivity index (χ0) is 39.3. The van der Waals surface area contributed by atoms with Crippen LogP contribution in [0.4, 0.5) is 0 Å². The van der Waals surface area contributed by atoms with Crippen LogP contribution in [0.25, 0.3) is 0 Å². The minimum atomic E-state index is -2.03. The molecule has 0 bridgehead atoms. The van der Waals surface area contributed by atoms with E-state index in [1.807, 2.05) is 0 Å². The normalized spacial score (nSPS) is 31.1. The molecule has 3 nitrogen and oxygen atoms in total. The van der Waals surface area contributed by atoms with Crippen molar-refractivity contribution in [1.82, 2.24) is 0 Å². The van der Waals surface area contributed by atoms with E-state index in [1.165, 1.54) is 37.4 Å². The summed E-state index contributed by atoms with van der Waals surface area (Å²) in [5.41, 5.74) is 5.05. The van der Waals surface area contributed by atoms with Gasteiger partial charge < -0.3 is 13.3 Å². The zero-order valence-corrected chi connectivity index (χ0v) is 41.1. The average molecular weight is 787 g/mol. The molecule has 0 spiro atoms. The van der Waals surface area contributed by atoms with Crippen LogP contribution in [0.5, 0.6) is 0 Å². The van der Waals surface area contributed by atoms with Crippen LogP contribution in [0, 0.1) is 22.7 Å². The molecule has 2 fully saturated rings. The maximum atomic E-state index is 7.59. The maximum Gasteiger partial charge on any atom is 0.193 e. The lowest BCUT2D eigenvalue weighted by molar-refractivity contribution is -0.0386. The lowest BCUT2D eigenvalue weighted by Gasteiger charge is -2.59. The van der Waals surface area contributed by atoms with Crippen LogP contribution in [0.15, 0.2) is 47.1 Å². The third-order valence-electron chi connectivity index (χ3n) is 15.6. The minimum Gasteiger partial charge on any atom is -0.414 e. The van der Waals surface area contributed by atoms with E-state index in [4.69, 9.17) is 13.3 Å². The van der Waals surface area contributed by atoms with Gasteiger partial charge in [-0.2, -0.15) is 11.8 Å². The third kappa shape index (κ3) is 8.71. The highest BCUT2D eigenvalue weighted by Crippen LogP contribution is 2.65. The Labute approximate surface area is 330 Å². The number of hydrogen-bond donors (Lipinski definition) is 0. The largest absolute Gasteiger partial charge is 0.414 e. The van der Waals surface area contributed by atoms with E-state index in [9.17, 15) is 0 Å². The Kier molecular flexibility index (Phi) is 13.4. The smallest absolute Gasteiger partial charge is 0.193 e. The molecule has 0 aliphatic heterocycles. The van der Waals surface area contributed by atoms with Gasteiger partial charge in [0.05, 0.1) is 17.8 Å². The molecule has 0 saturated heterocycles. The third-order valence-corrected chi connectivity index (χ3v) is 30.6. The number of fused-ring (bicyclic) bond motifs is 5. The summed E-state index contributed by atoms with van der Waals surface area (Å²) in [7, 11) is -5.59. The van der Waals surface area contributed by atoms with Crippen molar-refractivity contribution < 1.29 is 13.3 Å². The van der Waals surface area contributed by atoms with Crippen molar-refractivity contribution in [3.63, 3.8) is 0 Å². The molecule has 298 valence electrons. The molecule has 0 aromatic rings. The molecule has 52 heavy (non-hydrogen) atoms. The van der Waals surface area contributed by atoms with Crippen molar-refractivity contribution in [3.05, 3.63) is 47.1 Å². The highest BCUT2D eigenvalue weighted by atomic mass is 32.2. The topological polar surface area (TPSA) is 27.7 Å². The van der Waals surface area contributed by atoms with E-state index in [-0.39, 0.29) is 38.7 Å². The first-order valence-electron chi connectivity index (χ1n) is 21.2. The standard InChI is InChI=1S/C45H82O3SSi3/c1-19-52(20-2,21-3)48-43(11,12)28-22-30-49-33(4)37-25-26-38-36-24-23-34-31-35(46-50(15,16)41(5,6)7)32-40(47-51(17,18)42(8,9)10)45(34,14)39(36)27-29-44(37,38)13/h22-25,28,33,35,38-40H,19-21,26-27,29-32H2,1-18H3/b28-22-/t33-,35+,38-,39-,40-,44+,45-/m0/s1. The first-order chi connectivity index (χ1) is 23.7. The predicted molar refractivity (Wildman–Crippen MR) is 238 cm³/mol. The Morgan fingerprint density at radius 1 is 0.865 bits per heavy atom. The molecule has 7 atom stereocenters. The molecule has 0 aromatic carbocycles. The van der Waals surface area contributed by atoms with Crippen molar-refractivity contribution in [3.8, 4) is 0 Å². The maximum absolute atomic E-state index is 7.59. The van der Waals surface area contributed by atoms with Gasteiger partial charge >= 0.3 is 0 Å². The Bertz CT molecular complexity index is 1380. The summed E-state index contributed by atoms with van der Waals surface area (Å²) in [4.78, 5) is 0. The molecule has 2 saturated carbocycles. The second kappa shape index (κ2) is 15.6. The molecule has 4 rings (SSSR count). The van der Waals surface area contributed by atoms with Crippen molar-refractivity contribution in [2.24, 2.45) is 22.7 Å².